The number of carbonyl (C=O) groups is 3. The molecule has 0 aliphatic carbocycles. The highest BCUT2D eigenvalue weighted by atomic mass is 16.7. The molecule has 3 aromatic carbocycles. The first-order valence-electron chi connectivity index (χ1n) is 12.2. The zero-order valence-electron chi connectivity index (χ0n) is 20.9. The summed E-state index contributed by atoms with van der Waals surface area (Å²) in [6, 6.07) is 13.0. The highest BCUT2D eigenvalue weighted by Gasteiger charge is 2.38. The van der Waals surface area contributed by atoms with Gasteiger partial charge in [-0.3, -0.25) is 28.6 Å². The van der Waals surface area contributed by atoms with Crippen LogP contribution in [0.3, 0.4) is 0 Å². The van der Waals surface area contributed by atoms with Gasteiger partial charge in [0.25, 0.3) is 17.7 Å². The van der Waals surface area contributed by atoms with Crippen LogP contribution in [-0.4, -0.2) is 54.7 Å². The van der Waals surface area contributed by atoms with Crippen molar-refractivity contribution in [3.8, 4) is 34.3 Å². The van der Waals surface area contributed by atoms with Crippen molar-refractivity contribution in [3.63, 3.8) is 0 Å². The largest absolute Gasteiger partial charge is 0.493 e. The number of carbonyl (C=O) groups excluding carboxylic acids is 3. The fourth-order valence-electron chi connectivity index (χ4n) is 5.59. The van der Waals surface area contributed by atoms with Crippen LogP contribution in [0.4, 0.5) is 0 Å². The minimum atomic E-state index is -0.417. The first kappa shape index (κ1) is 23.0. The number of amides is 2. The van der Waals surface area contributed by atoms with Gasteiger partial charge in [0.15, 0.2) is 28.4 Å². The van der Waals surface area contributed by atoms with Gasteiger partial charge in [-0.25, -0.2) is 0 Å². The molecule has 0 spiro atoms. The Bertz CT molecular complexity index is 1820. The van der Waals surface area contributed by atoms with Crippen LogP contribution in [0.25, 0.3) is 22.2 Å². The summed E-state index contributed by atoms with van der Waals surface area (Å²) in [5.74, 6) is 0.403. The molecule has 0 saturated carbocycles. The SMILES string of the molecule is COc1cc2c(=O)c(CCN3C(=O)c4ccccc4C3=O)c3n(c2cc1OC)C(=O)c1cc2c(cc1-3)OCO2. The first-order valence-corrected chi connectivity index (χ1v) is 12.2. The Labute approximate surface area is 220 Å². The number of benzene rings is 3. The molecule has 4 heterocycles. The highest BCUT2D eigenvalue weighted by Crippen LogP contribution is 2.45. The fraction of sp³-hybridized carbons (Fsp3) is 0.172. The van der Waals surface area contributed by atoms with E-state index in [0.29, 0.717) is 56.5 Å². The summed E-state index contributed by atoms with van der Waals surface area (Å²) in [7, 11) is 2.93. The van der Waals surface area contributed by atoms with Crippen molar-refractivity contribution < 1.29 is 33.3 Å². The van der Waals surface area contributed by atoms with Crippen LogP contribution in [-0.2, 0) is 6.42 Å². The van der Waals surface area contributed by atoms with Crippen LogP contribution in [0.2, 0.25) is 0 Å². The lowest BCUT2D eigenvalue weighted by molar-refractivity contribution is 0.0655. The van der Waals surface area contributed by atoms with Crippen LogP contribution in [0, 0.1) is 0 Å². The molecule has 0 unspecified atom stereocenters. The summed E-state index contributed by atoms with van der Waals surface area (Å²) in [6.45, 7) is -0.0119. The second-order valence-corrected chi connectivity index (χ2v) is 9.33. The maximum atomic E-state index is 14.0. The molecule has 7 rings (SSSR count). The van der Waals surface area contributed by atoms with Crippen LogP contribution in [0.1, 0.15) is 36.6 Å². The lowest BCUT2D eigenvalue weighted by Gasteiger charge is -2.18. The van der Waals surface area contributed by atoms with Gasteiger partial charge in [0.05, 0.1) is 47.5 Å². The zero-order chi connectivity index (χ0) is 27.0. The van der Waals surface area contributed by atoms with Crippen molar-refractivity contribution in [3.05, 3.63) is 81.0 Å². The zero-order valence-corrected chi connectivity index (χ0v) is 20.9. The van der Waals surface area contributed by atoms with Gasteiger partial charge in [-0.05, 0) is 36.8 Å². The Morgan fingerprint density at radius 2 is 1.38 bits per heavy atom. The molecule has 3 aliphatic heterocycles. The average Bonchev–Trinajstić information content (AvgIpc) is 3.60. The Morgan fingerprint density at radius 1 is 0.769 bits per heavy atom. The van der Waals surface area contributed by atoms with Crippen LogP contribution in [0.15, 0.2) is 53.3 Å². The van der Waals surface area contributed by atoms with E-state index in [-0.39, 0.29) is 42.0 Å². The molecule has 10 nitrogen and oxygen atoms in total. The van der Waals surface area contributed by atoms with Gasteiger partial charge in [-0.2, -0.15) is 0 Å². The molecule has 194 valence electrons. The van der Waals surface area contributed by atoms with Crippen molar-refractivity contribution in [2.24, 2.45) is 0 Å². The summed E-state index contributed by atoms with van der Waals surface area (Å²) in [4.78, 5) is 55.0. The van der Waals surface area contributed by atoms with Gasteiger partial charge >= 0.3 is 0 Å². The van der Waals surface area contributed by atoms with E-state index in [1.807, 2.05) is 0 Å². The van der Waals surface area contributed by atoms with E-state index in [2.05, 4.69) is 0 Å². The summed E-state index contributed by atoms with van der Waals surface area (Å²) < 4.78 is 23.4. The van der Waals surface area contributed by atoms with Gasteiger partial charge in [-0.1, -0.05) is 12.1 Å². The van der Waals surface area contributed by atoms with Crippen molar-refractivity contribution in [2.45, 2.75) is 6.42 Å². The van der Waals surface area contributed by atoms with E-state index >= 15 is 0 Å². The van der Waals surface area contributed by atoms with E-state index in [9.17, 15) is 19.2 Å². The number of hydrogen-bond acceptors (Lipinski definition) is 8. The molecule has 39 heavy (non-hydrogen) atoms. The van der Waals surface area contributed by atoms with Crippen LogP contribution in [0.5, 0.6) is 23.0 Å². The number of fused-ring (bicyclic) bond motifs is 7. The number of rotatable bonds is 5. The number of aromatic nitrogens is 1. The fourth-order valence-corrected chi connectivity index (χ4v) is 5.59. The number of ether oxygens (including phenoxy) is 4. The standard InChI is InChI=1S/C29H20N2O8/c1-36-21-11-19-20(12-22(21)37-2)31-25(17-9-23-24(39-13-38-23)10-18(17)29(31)35)16(26(19)32)7-8-30-27(33)14-5-3-4-6-15(14)28(30)34/h3-6,9-12H,7-8,13H2,1-2H3. The molecule has 4 aromatic rings. The first-order chi connectivity index (χ1) is 18.9. The van der Waals surface area contributed by atoms with Gasteiger partial charge in [-0.15, -0.1) is 0 Å². The highest BCUT2D eigenvalue weighted by molar-refractivity contribution is 6.21. The third-order valence-corrected chi connectivity index (χ3v) is 7.44. The smallest absolute Gasteiger partial charge is 0.263 e. The normalized spacial score (nSPS) is 14.6. The maximum Gasteiger partial charge on any atom is 0.263 e. The topological polar surface area (TPSA) is 113 Å². The Balaban J connectivity index is 1.43. The van der Waals surface area contributed by atoms with E-state index < -0.39 is 11.8 Å². The monoisotopic (exact) mass is 524 g/mol. The van der Waals surface area contributed by atoms with E-state index in [4.69, 9.17) is 18.9 Å². The van der Waals surface area contributed by atoms with Gasteiger partial charge in [0.2, 0.25) is 6.79 Å². The predicted molar refractivity (Wildman–Crippen MR) is 138 cm³/mol. The van der Waals surface area contributed by atoms with Crippen LogP contribution < -0.4 is 24.4 Å². The minimum absolute atomic E-state index is 0.0283. The number of imide groups is 1. The molecule has 0 fully saturated rings. The predicted octanol–water partition coefficient (Wildman–Crippen LogP) is 3.26. The third-order valence-electron chi connectivity index (χ3n) is 7.44. The number of nitrogens with zero attached hydrogens (tertiary/aromatic N) is 2. The number of pyridine rings is 1. The molecule has 3 aliphatic rings. The van der Waals surface area contributed by atoms with Crippen molar-refractivity contribution in [2.75, 3.05) is 27.6 Å². The number of methoxy groups -OCH3 is 2. The van der Waals surface area contributed by atoms with Gasteiger partial charge in [0, 0.05) is 23.7 Å². The van der Waals surface area contributed by atoms with Gasteiger partial charge in [0.1, 0.15) is 0 Å². The summed E-state index contributed by atoms with van der Waals surface area (Å²) >= 11 is 0. The van der Waals surface area contributed by atoms with E-state index in [1.165, 1.54) is 24.9 Å². The lowest BCUT2D eigenvalue weighted by atomic mass is 9.98. The molecule has 0 bridgehead atoms. The van der Waals surface area contributed by atoms with E-state index in [1.54, 1.807) is 42.5 Å². The van der Waals surface area contributed by atoms with Gasteiger partial charge < -0.3 is 18.9 Å². The molecule has 0 saturated heterocycles. The quantitative estimate of drug-likeness (QED) is 0.322. The molecule has 10 heteroatoms. The Kier molecular flexibility index (Phi) is 4.84. The Morgan fingerprint density at radius 3 is 2.03 bits per heavy atom. The molecule has 0 atom stereocenters. The summed E-state index contributed by atoms with van der Waals surface area (Å²) in [5, 5.41) is 0.245. The molecular formula is C29H20N2O8. The second-order valence-electron chi connectivity index (χ2n) is 9.33. The minimum Gasteiger partial charge on any atom is -0.493 e. The average molecular weight is 524 g/mol. The maximum absolute atomic E-state index is 14.0. The Hall–Kier alpha value is -5.12. The molecule has 1 aromatic heterocycles. The van der Waals surface area contributed by atoms with E-state index in [0.717, 1.165) is 4.90 Å². The second kappa shape index (κ2) is 8.19. The molecule has 0 radical (unpaired) electrons. The van der Waals surface area contributed by atoms with Crippen molar-refractivity contribution in [1.29, 1.82) is 0 Å². The number of hydrogen-bond donors (Lipinski definition) is 0. The van der Waals surface area contributed by atoms with Crippen molar-refractivity contribution >= 4 is 28.6 Å². The molecule has 0 N–H and O–H groups in total. The lowest BCUT2D eigenvalue weighted by Crippen LogP contribution is -2.33. The van der Waals surface area contributed by atoms with Crippen molar-refractivity contribution in [1.82, 2.24) is 9.47 Å². The van der Waals surface area contributed by atoms with Crippen LogP contribution >= 0.6 is 0 Å². The third kappa shape index (κ3) is 3.08. The molecular weight excluding hydrogens is 504 g/mol. The summed E-state index contributed by atoms with van der Waals surface area (Å²) in [6.07, 6.45) is 0.0328. The summed E-state index contributed by atoms with van der Waals surface area (Å²) in [5.41, 5.74) is 2.19. The molecule has 2 amide bonds.